The lowest BCUT2D eigenvalue weighted by molar-refractivity contribution is -0.133. The van der Waals surface area contributed by atoms with Gasteiger partial charge >= 0.3 is 5.97 Å². The molecule has 4 nitrogen and oxygen atoms in total. The zero-order valence-electron chi connectivity index (χ0n) is 9.33. The second-order valence-corrected chi connectivity index (χ2v) is 3.86. The van der Waals surface area contributed by atoms with Gasteiger partial charge in [0.05, 0.1) is 25.4 Å². The highest BCUT2D eigenvalue weighted by atomic mass is 16.6. The molecule has 1 aromatic rings. The summed E-state index contributed by atoms with van der Waals surface area (Å²) in [5, 5.41) is 9.04. The monoisotopic (exact) mass is 234 g/mol. The molecule has 1 fully saturated rings. The fourth-order valence-electron chi connectivity index (χ4n) is 1.38. The molecule has 0 aliphatic carbocycles. The lowest BCUT2D eigenvalue weighted by atomic mass is 10.1. The van der Waals surface area contributed by atoms with Gasteiger partial charge in [-0.2, -0.15) is 0 Å². The van der Waals surface area contributed by atoms with Crippen molar-refractivity contribution < 1.29 is 19.4 Å². The van der Waals surface area contributed by atoms with Crippen molar-refractivity contribution in [1.29, 1.82) is 0 Å². The SMILES string of the molecule is O=C(O)C(=Cc1ccccc1)COCC1CO1. The first-order valence-corrected chi connectivity index (χ1v) is 5.44. The van der Waals surface area contributed by atoms with Gasteiger partial charge in [-0.25, -0.2) is 4.79 Å². The van der Waals surface area contributed by atoms with Crippen molar-refractivity contribution in [3.8, 4) is 0 Å². The first-order valence-electron chi connectivity index (χ1n) is 5.44. The zero-order chi connectivity index (χ0) is 12.1. The maximum absolute atomic E-state index is 11.0. The van der Waals surface area contributed by atoms with Gasteiger partial charge in [0.1, 0.15) is 6.10 Å². The lowest BCUT2D eigenvalue weighted by Crippen LogP contribution is -2.11. The number of rotatable bonds is 6. The van der Waals surface area contributed by atoms with Crippen molar-refractivity contribution in [1.82, 2.24) is 0 Å². The first kappa shape index (κ1) is 11.8. The Labute approximate surface area is 99.5 Å². The molecule has 1 saturated heterocycles. The summed E-state index contributed by atoms with van der Waals surface area (Å²) in [6.07, 6.45) is 1.78. The van der Waals surface area contributed by atoms with Gasteiger partial charge in [0.2, 0.25) is 0 Å². The molecule has 1 aliphatic heterocycles. The quantitative estimate of drug-likeness (QED) is 0.599. The smallest absolute Gasteiger partial charge is 0.333 e. The summed E-state index contributed by atoms with van der Waals surface area (Å²) in [6, 6.07) is 9.33. The predicted molar refractivity (Wildman–Crippen MR) is 62.6 cm³/mol. The van der Waals surface area contributed by atoms with Gasteiger partial charge in [-0.05, 0) is 11.6 Å². The summed E-state index contributed by atoms with van der Waals surface area (Å²) in [4.78, 5) is 11.0. The average molecular weight is 234 g/mol. The van der Waals surface area contributed by atoms with Crippen molar-refractivity contribution in [2.75, 3.05) is 19.8 Å². The number of carboxylic acid groups (broad SMARTS) is 1. The number of epoxide rings is 1. The van der Waals surface area contributed by atoms with Crippen LogP contribution in [0.5, 0.6) is 0 Å². The standard InChI is InChI=1S/C13H14O4/c14-13(15)11(7-16-8-12-9-17-12)6-10-4-2-1-3-5-10/h1-6,12H,7-9H2,(H,14,15). The van der Waals surface area contributed by atoms with Crippen LogP contribution in [-0.4, -0.2) is 37.0 Å². The van der Waals surface area contributed by atoms with E-state index >= 15 is 0 Å². The van der Waals surface area contributed by atoms with Crippen LogP contribution in [0.3, 0.4) is 0 Å². The minimum Gasteiger partial charge on any atom is -0.478 e. The predicted octanol–water partition coefficient (Wildman–Crippen LogP) is 1.57. The van der Waals surface area contributed by atoms with E-state index in [2.05, 4.69) is 0 Å². The highest BCUT2D eigenvalue weighted by Crippen LogP contribution is 2.11. The Hall–Kier alpha value is -1.65. The molecule has 90 valence electrons. The van der Waals surface area contributed by atoms with Crippen molar-refractivity contribution in [2.45, 2.75) is 6.10 Å². The maximum Gasteiger partial charge on any atom is 0.333 e. The molecule has 0 bridgehead atoms. The molecule has 2 rings (SSSR count). The topological polar surface area (TPSA) is 59.1 Å². The summed E-state index contributed by atoms with van der Waals surface area (Å²) >= 11 is 0. The molecule has 0 saturated carbocycles. The average Bonchev–Trinajstić information content (AvgIpc) is 3.13. The first-order chi connectivity index (χ1) is 8.25. The number of hydrogen-bond donors (Lipinski definition) is 1. The van der Waals surface area contributed by atoms with Gasteiger partial charge in [0.25, 0.3) is 0 Å². The molecule has 4 heteroatoms. The van der Waals surface area contributed by atoms with E-state index in [1.54, 1.807) is 6.08 Å². The van der Waals surface area contributed by atoms with Gasteiger partial charge in [-0.15, -0.1) is 0 Å². The van der Waals surface area contributed by atoms with E-state index in [1.807, 2.05) is 30.3 Å². The van der Waals surface area contributed by atoms with Gasteiger partial charge in [0, 0.05) is 0 Å². The number of carbonyl (C=O) groups is 1. The molecule has 17 heavy (non-hydrogen) atoms. The van der Waals surface area contributed by atoms with Gasteiger partial charge in [-0.3, -0.25) is 0 Å². The minimum absolute atomic E-state index is 0.101. The lowest BCUT2D eigenvalue weighted by Gasteiger charge is -2.03. The molecule has 0 aromatic heterocycles. The Bertz CT molecular complexity index is 407. The summed E-state index contributed by atoms with van der Waals surface area (Å²) in [5.74, 6) is -0.953. The summed E-state index contributed by atoms with van der Waals surface area (Å²) in [6.45, 7) is 1.27. The van der Waals surface area contributed by atoms with E-state index in [0.29, 0.717) is 13.2 Å². The highest BCUT2D eigenvalue weighted by Gasteiger charge is 2.22. The Morgan fingerprint density at radius 3 is 2.76 bits per heavy atom. The Kier molecular flexibility index (Phi) is 3.90. The number of benzene rings is 1. The van der Waals surface area contributed by atoms with E-state index in [-0.39, 0.29) is 18.3 Å². The Balaban J connectivity index is 1.95. The summed E-state index contributed by atoms with van der Waals surface area (Å²) in [7, 11) is 0. The largest absolute Gasteiger partial charge is 0.478 e. The Morgan fingerprint density at radius 1 is 1.47 bits per heavy atom. The van der Waals surface area contributed by atoms with Crippen LogP contribution in [0.1, 0.15) is 5.56 Å². The van der Waals surface area contributed by atoms with Crippen LogP contribution in [0.4, 0.5) is 0 Å². The van der Waals surface area contributed by atoms with Crippen LogP contribution in [0.15, 0.2) is 35.9 Å². The van der Waals surface area contributed by atoms with Crippen molar-refractivity contribution in [3.05, 3.63) is 41.5 Å². The van der Waals surface area contributed by atoms with Gasteiger partial charge in [-0.1, -0.05) is 30.3 Å². The van der Waals surface area contributed by atoms with E-state index in [1.165, 1.54) is 0 Å². The normalized spacial score (nSPS) is 19.1. The fourth-order valence-corrected chi connectivity index (χ4v) is 1.38. The fraction of sp³-hybridized carbons (Fsp3) is 0.308. The van der Waals surface area contributed by atoms with Crippen LogP contribution >= 0.6 is 0 Å². The molecule has 1 unspecified atom stereocenters. The summed E-state index contributed by atoms with van der Waals surface area (Å²) < 4.78 is 10.3. The van der Waals surface area contributed by atoms with Gasteiger partial charge < -0.3 is 14.6 Å². The third kappa shape index (κ3) is 4.01. The van der Waals surface area contributed by atoms with Crippen LogP contribution in [0.25, 0.3) is 6.08 Å². The highest BCUT2D eigenvalue weighted by molar-refractivity contribution is 5.92. The Morgan fingerprint density at radius 2 is 2.18 bits per heavy atom. The van der Waals surface area contributed by atoms with Crippen LogP contribution in [-0.2, 0) is 14.3 Å². The van der Waals surface area contributed by atoms with Gasteiger partial charge in [0.15, 0.2) is 0 Å². The molecule has 1 aliphatic rings. The second-order valence-electron chi connectivity index (χ2n) is 3.86. The maximum atomic E-state index is 11.0. The number of hydrogen-bond acceptors (Lipinski definition) is 3. The van der Waals surface area contributed by atoms with Crippen LogP contribution in [0, 0.1) is 0 Å². The molecular weight excluding hydrogens is 220 g/mol. The van der Waals surface area contributed by atoms with Crippen molar-refractivity contribution in [2.24, 2.45) is 0 Å². The van der Waals surface area contributed by atoms with Crippen LogP contribution in [0.2, 0.25) is 0 Å². The van der Waals surface area contributed by atoms with E-state index in [9.17, 15) is 4.79 Å². The molecule has 1 aromatic carbocycles. The van der Waals surface area contributed by atoms with Crippen molar-refractivity contribution in [3.63, 3.8) is 0 Å². The number of carboxylic acids is 1. The molecular formula is C13H14O4. The minimum atomic E-state index is -0.953. The third-order valence-corrected chi connectivity index (χ3v) is 2.38. The van der Waals surface area contributed by atoms with E-state index < -0.39 is 5.97 Å². The zero-order valence-corrected chi connectivity index (χ0v) is 9.33. The van der Waals surface area contributed by atoms with Crippen molar-refractivity contribution >= 4 is 12.0 Å². The molecule has 1 atom stereocenters. The molecule has 0 radical (unpaired) electrons. The third-order valence-electron chi connectivity index (χ3n) is 2.38. The molecule has 0 spiro atoms. The number of aliphatic carboxylic acids is 1. The number of ether oxygens (including phenoxy) is 2. The van der Waals surface area contributed by atoms with Crippen LogP contribution < -0.4 is 0 Å². The summed E-state index contributed by atoms with van der Waals surface area (Å²) in [5.41, 5.74) is 1.10. The van der Waals surface area contributed by atoms with E-state index in [0.717, 1.165) is 5.56 Å². The second kappa shape index (κ2) is 5.61. The molecule has 0 amide bonds. The molecule has 1 N–H and O–H groups in total. The molecule has 1 heterocycles. The van der Waals surface area contributed by atoms with E-state index in [4.69, 9.17) is 14.6 Å².